The van der Waals surface area contributed by atoms with E-state index in [9.17, 15) is 4.39 Å². The molecule has 0 aromatic heterocycles. The molecule has 2 rings (SSSR count). The molecule has 0 saturated heterocycles. The first kappa shape index (κ1) is 16.5. The van der Waals surface area contributed by atoms with Gasteiger partial charge in [0.05, 0.1) is 0 Å². The highest BCUT2D eigenvalue weighted by molar-refractivity contribution is 5.20. The smallest absolute Gasteiger partial charge is 0.123 e. The summed E-state index contributed by atoms with van der Waals surface area (Å²) in [5.41, 5.74) is 1.67. The number of hydrogen-bond acceptors (Lipinski definition) is 1. The number of unbranched alkanes of at least 4 members (excludes halogenated alkanes) is 1. The van der Waals surface area contributed by atoms with Crippen LogP contribution < -0.4 is 5.32 Å². The molecule has 1 aromatic rings. The predicted octanol–water partition coefficient (Wildman–Crippen LogP) is 5.62. The van der Waals surface area contributed by atoms with Gasteiger partial charge in [0.15, 0.2) is 0 Å². The molecule has 1 aliphatic rings. The van der Waals surface area contributed by atoms with E-state index in [1.807, 2.05) is 12.1 Å². The normalized spacial score (nSPS) is 19.4. The Bertz CT molecular complexity index is 406. The Kier molecular flexibility index (Phi) is 6.22. The van der Waals surface area contributed by atoms with E-state index in [0.29, 0.717) is 11.5 Å². The predicted molar refractivity (Wildman–Crippen MR) is 87.9 cm³/mol. The quantitative estimate of drug-likeness (QED) is 0.687. The first-order chi connectivity index (χ1) is 10.1. The molecule has 1 aliphatic carbocycles. The molecule has 2 heteroatoms. The second kappa shape index (κ2) is 7.93. The van der Waals surface area contributed by atoms with Crippen LogP contribution in [0.5, 0.6) is 0 Å². The number of rotatable bonds is 7. The molecule has 1 fully saturated rings. The van der Waals surface area contributed by atoms with E-state index in [1.165, 1.54) is 50.5 Å². The van der Waals surface area contributed by atoms with Gasteiger partial charge in [-0.05, 0) is 42.4 Å². The van der Waals surface area contributed by atoms with Crippen LogP contribution in [0.25, 0.3) is 0 Å². The Morgan fingerprint density at radius 2 is 1.81 bits per heavy atom. The molecule has 0 spiro atoms. The lowest BCUT2D eigenvalue weighted by molar-refractivity contribution is 0.198. The largest absolute Gasteiger partial charge is 0.309 e. The molecule has 1 aromatic carbocycles. The summed E-state index contributed by atoms with van der Waals surface area (Å²) in [6, 6.07) is 7.40. The van der Waals surface area contributed by atoms with E-state index >= 15 is 0 Å². The zero-order valence-corrected chi connectivity index (χ0v) is 13.6. The van der Waals surface area contributed by atoms with Crippen molar-refractivity contribution in [3.8, 4) is 0 Å². The van der Waals surface area contributed by atoms with Crippen LogP contribution in [0.3, 0.4) is 0 Å². The molecule has 0 heterocycles. The van der Waals surface area contributed by atoms with Crippen LogP contribution in [0, 0.1) is 11.2 Å². The van der Waals surface area contributed by atoms with Crippen molar-refractivity contribution in [2.75, 3.05) is 6.54 Å². The fourth-order valence-electron chi connectivity index (χ4n) is 3.44. The zero-order valence-electron chi connectivity index (χ0n) is 13.6. The fourth-order valence-corrected chi connectivity index (χ4v) is 3.44. The van der Waals surface area contributed by atoms with Crippen molar-refractivity contribution < 1.29 is 4.39 Å². The molecule has 0 aliphatic heterocycles. The summed E-state index contributed by atoms with van der Waals surface area (Å²) in [6.45, 7) is 5.73. The van der Waals surface area contributed by atoms with Gasteiger partial charge < -0.3 is 5.32 Å². The molecule has 1 saturated carbocycles. The highest BCUT2D eigenvalue weighted by Crippen LogP contribution is 2.35. The van der Waals surface area contributed by atoms with E-state index in [1.54, 1.807) is 12.1 Å². The van der Waals surface area contributed by atoms with Gasteiger partial charge in [0.2, 0.25) is 0 Å². The third-order valence-corrected chi connectivity index (χ3v) is 4.95. The van der Waals surface area contributed by atoms with Crippen molar-refractivity contribution in [3.63, 3.8) is 0 Å². The van der Waals surface area contributed by atoms with Crippen LogP contribution in [0.15, 0.2) is 24.3 Å². The summed E-state index contributed by atoms with van der Waals surface area (Å²) in [5.74, 6) is -0.146. The van der Waals surface area contributed by atoms with Crippen LogP contribution >= 0.6 is 0 Å². The summed E-state index contributed by atoms with van der Waals surface area (Å²) in [4.78, 5) is 0. The van der Waals surface area contributed by atoms with Crippen LogP contribution in [0.2, 0.25) is 0 Å². The maximum Gasteiger partial charge on any atom is 0.123 e. The topological polar surface area (TPSA) is 12.0 Å². The third-order valence-electron chi connectivity index (χ3n) is 4.95. The van der Waals surface area contributed by atoms with Crippen molar-refractivity contribution in [1.29, 1.82) is 0 Å². The number of benzene rings is 1. The molecule has 0 bridgehead atoms. The van der Waals surface area contributed by atoms with Crippen LogP contribution in [0.1, 0.15) is 76.8 Å². The number of halogens is 1. The van der Waals surface area contributed by atoms with E-state index in [2.05, 4.69) is 19.2 Å². The van der Waals surface area contributed by atoms with Crippen molar-refractivity contribution in [1.82, 2.24) is 5.32 Å². The Morgan fingerprint density at radius 1 is 1.14 bits per heavy atom. The van der Waals surface area contributed by atoms with Crippen molar-refractivity contribution >= 4 is 0 Å². The second-order valence-electron chi connectivity index (χ2n) is 7.00. The van der Waals surface area contributed by atoms with Gasteiger partial charge in [-0.25, -0.2) is 4.39 Å². The molecule has 0 radical (unpaired) electrons. The van der Waals surface area contributed by atoms with E-state index in [0.717, 1.165) is 13.0 Å². The Labute approximate surface area is 129 Å². The summed E-state index contributed by atoms with van der Waals surface area (Å²) < 4.78 is 13.1. The maximum absolute atomic E-state index is 13.1. The Morgan fingerprint density at radius 3 is 2.43 bits per heavy atom. The Hall–Kier alpha value is -0.890. The summed E-state index contributed by atoms with van der Waals surface area (Å²) in [6.07, 6.45) is 10.4. The lowest BCUT2D eigenvalue weighted by Crippen LogP contribution is -2.35. The summed E-state index contributed by atoms with van der Waals surface area (Å²) in [7, 11) is 0. The average Bonchev–Trinajstić information content (AvgIpc) is 2.49. The van der Waals surface area contributed by atoms with Gasteiger partial charge >= 0.3 is 0 Å². The monoisotopic (exact) mass is 291 g/mol. The minimum Gasteiger partial charge on any atom is -0.309 e. The molecule has 118 valence electrons. The van der Waals surface area contributed by atoms with E-state index < -0.39 is 0 Å². The molecular formula is C19H30FN. The van der Waals surface area contributed by atoms with Crippen LogP contribution in [-0.4, -0.2) is 6.54 Å². The minimum absolute atomic E-state index is 0.146. The zero-order chi connectivity index (χ0) is 15.1. The van der Waals surface area contributed by atoms with Crippen LogP contribution in [0.4, 0.5) is 4.39 Å². The first-order valence-corrected chi connectivity index (χ1v) is 8.62. The van der Waals surface area contributed by atoms with Crippen molar-refractivity contribution in [2.24, 2.45) is 5.41 Å². The molecule has 1 atom stereocenters. The molecule has 21 heavy (non-hydrogen) atoms. The average molecular weight is 291 g/mol. The van der Waals surface area contributed by atoms with E-state index in [-0.39, 0.29) is 5.82 Å². The van der Waals surface area contributed by atoms with Crippen molar-refractivity contribution in [2.45, 2.75) is 71.3 Å². The Balaban J connectivity index is 1.97. The molecular weight excluding hydrogens is 261 g/mol. The highest BCUT2D eigenvalue weighted by Gasteiger charge is 2.27. The second-order valence-corrected chi connectivity index (χ2v) is 7.00. The molecule has 1 unspecified atom stereocenters. The lowest BCUT2D eigenvalue weighted by Gasteiger charge is -2.35. The van der Waals surface area contributed by atoms with Gasteiger partial charge in [0.25, 0.3) is 0 Å². The fraction of sp³-hybridized carbons (Fsp3) is 0.684. The van der Waals surface area contributed by atoms with Crippen molar-refractivity contribution in [3.05, 3.63) is 35.6 Å². The standard InChI is InChI=1S/C19H30FN/c1-3-4-8-18(16-9-11-17(20)12-10-16)21-15-19(2)13-6-5-7-14-19/h9-12,18,21H,3-8,13-15H2,1-2H3. The number of hydrogen-bond donors (Lipinski definition) is 1. The molecule has 1 N–H and O–H groups in total. The maximum atomic E-state index is 13.1. The third kappa shape index (κ3) is 5.10. The van der Waals surface area contributed by atoms with Gasteiger partial charge in [-0.1, -0.05) is 58.1 Å². The molecule has 1 nitrogen and oxygen atoms in total. The van der Waals surface area contributed by atoms with Gasteiger partial charge in [-0.3, -0.25) is 0 Å². The van der Waals surface area contributed by atoms with Gasteiger partial charge in [-0.15, -0.1) is 0 Å². The minimum atomic E-state index is -0.146. The summed E-state index contributed by atoms with van der Waals surface area (Å²) >= 11 is 0. The SMILES string of the molecule is CCCCC(NCC1(C)CCCCC1)c1ccc(F)cc1. The molecule has 0 amide bonds. The highest BCUT2D eigenvalue weighted by atomic mass is 19.1. The first-order valence-electron chi connectivity index (χ1n) is 8.62. The van der Waals surface area contributed by atoms with Gasteiger partial charge in [0, 0.05) is 12.6 Å². The number of nitrogens with one attached hydrogen (secondary N) is 1. The summed E-state index contributed by atoms with van der Waals surface area (Å²) in [5, 5.41) is 3.78. The van der Waals surface area contributed by atoms with Crippen LogP contribution in [-0.2, 0) is 0 Å². The van der Waals surface area contributed by atoms with Gasteiger partial charge in [-0.2, -0.15) is 0 Å². The van der Waals surface area contributed by atoms with E-state index in [4.69, 9.17) is 0 Å². The lowest BCUT2D eigenvalue weighted by atomic mass is 9.75. The van der Waals surface area contributed by atoms with Gasteiger partial charge in [0.1, 0.15) is 5.82 Å².